The minimum Gasteiger partial charge on any atom is -0.298 e. The fraction of sp³-hybridized carbons (Fsp3) is 0.476. The van der Waals surface area contributed by atoms with E-state index in [0.717, 1.165) is 42.4 Å². The van der Waals surface area contributed by atoms with Gasteiger partial charge in [0.15, 0.2) is 5.82 Å². The number of hydrogen-bond donors (Lipinski definition) is 0. The number of nitrogens with zero attached hydrogens (tertiary/aromatic N) is 7. The third kappa shape index (κ3) is 3.85. The Morgan fingerprint density at radius 3 is 2.48 bits per heavy atom. The van der Waals surface area contributed by atoms with E-state index < -0.39 is 0 Å². The standard InChI is InChI=1S/C21H25N7O/c1-14-7-15(2)28(24-14)19-5-6-20(29)27(25-19)13-17-11-26(12-17)10-16-8-22-21(23-9-16)18-3-4-18/h5-9,17-18H,3-4,10-13H2,1-2H3. The van der Waals surface area contributed by atoms with Crippen LogP contribution < -0.4 is 5.56 Å². The van der Waals surface area contributed by atoms with Crippen LogP contribution in [0.2, 0.25) is 0 Å². The number of hydrogen-bond acceptors (Lipinski definition) is 6. The highest BCUT2D eigenvalue weighted by molar-refractivity contribution is 5.23. The van der Waals surface area contributed by atoms with Crippen molar-refractivity contribution in [1.29, 1.82) is 0 Å². The Morgan fingerprint density at radius 2 is 1.83 bits per heavy atom. The van der Waals surface area contributed by atoms with E-state index in [2.05, 4.69) is 25.1 Å². The molecule has 29 heavy (non-hydrogen) atoms. The van der Waals surface area contributed by atoms with Crippen LogP contribution in [0.15, 0.2) is 35.4 Å². The molecule has 2 fully saturated rings. The molecule has 0 unspecified atom stereocenters. The quantitative estimate of drug-likeness (QED) is 0.638. The second-order valence-corrected chi connectivity index (χ2v) is 8.33. The van der Waals surface area contributed by atoms with Crippen LogP contribution in [0.25, 0.3) is 5.82 Å². The number of rotatable bonds is 6. The van der Waals surface area contributed by atoms with Crippen molar-refractivity contribution in [3.05, 3.63) is 63.7 Å². The lowest BCUT2D eigenvalue weighted by atomic mass is 9.99. The SMILES string of the molecule is Cc1cc(C)n(-c2ccc(=O)n(CC3CN(Cc4cnc(C5CC5)nc4)C3)n2)n1. The summed E-state index contributed by atoms with van der Waals surface area (Å²) < 4.78 is 3.35. The van der Waals surface area contributed by atoms with E-state index in [-0.39, 0.29) is 5.56 Å². The van der Waals surface area contributed by atoms with Gasteiger partial charge in [-0.2, -0.15) is 5.10 Å². The lowest BCUT2D eigenvalue weighted by molar-refractivity contribution is 0.0764. The summed E-state index contributed by atoms with van der Waals surface area (Å²) in [6.07, 6.45) is 6.36. The zero-order chi connectivity index (χ0) is 20.0. The first kappa shape index (κ1) is 18.2. The highest BCUT2D eigenvalue weighted by atomic mass is 16.1. The topological polar surface area (TPSA) is 81.7 Å². The molecule has 5 rings (SSSR count). The molecule has 1 saturated heterocycles. The highest BCUT2D eigenvalue weighted by Gasteiger charge is 2.29. The predicted molar refractivity (Wildman–Crippen MR) is 108 cm³/mol. The Morgan fingerprint density at radius 1 is 1.07 bits per heavy atom. The Hall–Kier alpha value is -2.87. The zero-order valence-electron chi connectivity index (χ0n) is 16.8. The highest BCUT2D eigenvalue weighted by Crippen LogP contribution is 2.37. The van der Waals surface area contributed by atoms with Gasteiger partial charge in [0.1, 0.15) is 5.82 Å². The fourth-order valence-corrected chi connectivity index (χ4v) is 3.97. The Bertz CT molecular complexity index is 1080. The summed E-state index contributed by atoms with van der Waals surface area (Å²) in [5.74, 6) is 2.68. The van der Waals surface area contributed by atoms with Crippen LogP contribution in [0.1, 0.15) is 41.5 Å². The van der Waals surface area contributed by atoms with Gasteiger partial charge in [-0.25, -0.2) is 19.3 Å². The molecule has 150 valence electrons. The summed E-state index contributed by atoms with van der Waals surface area (Å²) >= 11 is 0. The van der Waals surface area contributed by atoms with Crippen molar-refractivity contribution in [1.82, 2.24) is 34.4 Å². The molecule has 0 spiro atoms. The van der Waals surface area contributed by atoms with Crippen molar-refractivity contribution in [2.45, 2.75) is 45.7 Å². The third-order valence-electron chi connectivity index (χ3n) is 5.62. The van der Waals surface area contributed by atoms with Gasteiger partial charge in [-0.3, -0.25) is 9.69 Å². The van der Waals surface area contributed by atoms with Crippen LogP contribution in [0.3, 0.4) is 0 Å². The zero-order valence-corrected chi connectivity index (χ0v) is 16.8. The molecule has 0 atom stereocenters. The summed E-state index contributed by atoms with van der Waals surface area (Å²) in [5, 5.41) is 9.01. The first-order chi connectivity index (χ1) is 14.0. The van der Waals surface area contributed by atoms with Crippen LogP contribution in [-0.4, -0.2) is 47.5 Å². The van der Waals surface area contributed by atoms with Gasteiger partial charge in [-0.1, -0.05) is 0 Å². The van der Waals surface area contributed by atoms with E-state index >= 15 is 0 Å². The van der Waals surface area contributed by atoms with E-state index in [1.807, 2.05) is 32.3 Å². The van der Waals surface area contributed by atoms with Gasteiger partial charge >= 0.3 is 0 Å². The van der Waals surface area contributed by atoms with E-state index in [0.29, 0.717) is 24.2 Å². The number of likely N-dealkylation sites (tertiary alicyclic amines) is 1. The van der Waals surface area contributed by atoms with Gasteiger partial charge in [0.25, 0.3) is 5.56 Å². The van der Waals surface area contributed by atoms with E-state index in [4.69, 9.17) is 0 Å². The minimum absolute atomic E-state index is 0.0715. The number of aryl methyl sites for hydroxylation is 2. The molecule has 2 aliphatic rings. The van der Waals surface area contributed by atoms with Crippen molar-refractivity contribution in [3.8, 4) is 5.82 Å². The molecular weight excluding hydrogens is 366 g/mol. The van der Waals surface area contributed by atoms with Gasteiger partial charge in [0.2, 0.25) is 0 Å². The largest absolute Gasteiger partial charge is 0.298 e. The molecule has 4 heterocycles. The maximum atomic E-state index is 12.3. The fourth-order valence-electron chi connectivity index (χ4n) is 3.97. The van der Waals surface area contributed by atoms with Crippen molar-refractivity contribution >= 4 is 0 Å². The van der Waals surface area contributed by atoms with Gasteiger partial charge < -0.3 is 0 Å². The molecule has 3 aromatic heterocycles. The molecule has 0 N–H and O–H groups in total. The second-order valence-electron chi connectivity index (χ2n) is 8.33. The first-order valence-electron chi connectivity index (χ1n) is 10.2. The van der Waals surface area contributed by atoms with Gasteiger partial charge in [0.05, 0.1) is 12.2 Å². The molecule has 3 aromatic rings. The third-order valence-corrected chi connectivity index (χ3v) is 5.62. The molecule has 1 aliphatic carbocycles. The Kier molecular flexibility index (Phi) is 4.50. The number of aromatic nitrogens is 6. The summed E-state index contributed by atoms with van der Waals surface area (Å²) in [5.41, 5.74) is 3.02. The molecular formula is C21H25N7O. The van der Waals surface area contributed by atoms with Crippen molar-refractivity contribution < 1.29 is 0 Å². The van der Waals surface area contributed by atoms with Crippen LogP contribution in [-0.2, 0) is 13.1 Å². The lowest BCUT2D eigenvalue weighted by Crippen LogP contribution is -2.49. The lowest BCUT2D eigenvalue weighted by Gasteiger charge is -2.39. The summed E-state index contributed by atoms with van der Waals surface area (Å²) in [7, 11) is 0. The predicted octanol–water partition coefficient (Wildman–Crippen LogP) is 1.85. The second kappa shape index (κ2) is 7.18. The molecule has 8 heteroatoms. The maximum absolute atomic E-state index is 12.3. The smallest absolute Gasteiger partial charge is 0.266 e. The van der Waals surface area contributed by atoms with Gasteiger partial charge in [-0.15, -0.1) is 5.10 Å². The summed E-state index contributed by atoms with van der Waals surface area (Å²) in [4.78, 5) is 23.6. The molecule has 0 radical (unpaired) electrons. The summed E-state index contributed by atoms with van der Waals surface area (Å²) in [6.45, 7) is 7.31. The van der Waals surface area contributed by atoms with Gasteiger partial charge in [-0.05, 0) is 38.8 Å². The van der Waals surface area contributed by atoms with Crippen molar-refractivity contribution in [3.63, 3.8) is 0 Å². The first-order valence-corrected chi connectivity index (χ1v) is 10.2. The Labute approximate surface area is 169 Å². The molecule has 0 bridgehead atoms. The molecule has 0 aromatic carbocycles. The molecule has 1 saturated carbocycles. The normalized spacial score (nSPS) is 17.4. The van der Waals surface area contributed by atoms with E-state index in [9.17, 15) is 4.79 Å². The van der Waals surface area contributed by atoms with Crippen LogP contribution in [0, 0.1) is 19.8 Å². The minimum atomic E-state index is -0.0715. The average molecular weight is 391 g/mol. The average Bonchev–Trinajstić information content (AvgIpc) is 3.46. The van der Waals surface area contributed by atoms with E-state index in [1.54, 1.807) is 21.5 Å². The van der Waals surface area contributed by atoms with Crippen LogP contribution in [0.4, 0.5) is 0 Å². The van der Waals surface area contributed by atoms with Crippen molar-refractivity contribution in [2.75, 3.05) is 13.1 Å². The molecule has 0 amide bonds. The monoisotopic (exact) mass is 391 g/mol. The van der Waals surface area contributed by atoms with E-state index in [1.165, 1.54) is 12.8 Å². The molecule has 1 aliphatic heterocycles. The van der Waals surface area contributed by atoms with Crippen LogP contribution >= 0.6 is 0 Å². The summed E-state index contributed by atoms with van der Waals surface area (Å²) in [6, 6.07) is 5.31. The van der Waals surface area contributed by atoms with Crippen molar-refractivity contribution in [2.24, 2.45) is 5.92 Å². The van der Waals surface area contributed by atoms with Gasteiger partial charge in [0, 0.05) is 61.2 Å². The molecule has 8 nitrogen and oxygen atoms in total. The maximum Gasteiger partial charge on any atom is 0.266 e. The van der Waals surface area contributed by atoms with Crippen LogP contribution in [0.5, 0.6) is 0 Å². The Balaban J connectivity index is 1.20.